The van der Waals surface area contributed by atoms with Gasteiger partial charge in [-0.05, 0) is 74.6 Å². The summed E-state index contributed by atoms with van der Waals surface area (Å²) in [6.45, 7) is 9.27. The molecule has 2 aliphatic rings. The van der Waals surface area contributed by atoms with Crippen molar-refractivity contribution < 1.29 is 28.7 Å². The average molecular weight is 767 g/mol. The Morgan fingerprint density at radius 3 is 1.41 bits per heavy atom. The average Bonchev–Trinajstić information content (AvgIpc) is 4.05. The molecule has 2 saturated heterocycles. The van der Waals surface area contributed by atoms with Crippen LogP contribution < -0.4 is 10.6 Å². The molecule has 4 atom stereocenters. The number of hydrogen-bond donors (Lipinski definition) is 4. The molecule has 2 fully saturated rings. The fourth-order valence-electron chi connectivity index (χ4n) is 7.30. The zero-order chi connectivity index (χ0) is 39.6. The Kier molecular flexibility index (Phi) is 13.4. The van der Waals surface area contributed by atoms with Crippen molar-refractivity contribution in [1.82, 2.24) is 40.4 Å². The van der Waals surface area contributed by atoms with Gasteiger partial charge in [0.05, 0.1) is 49.1 Å². The predicted molar refractivity (Wildman–Crippen MR) is 212 cm³/mol. The molecule has 4 N–H and O–H groups in total. The number of H-pyrrole nitrogens is 2. The van der Waals surface area contributed by atoms with E-state index in [1.807, 2.05) is 13.8 Å². The van der Waals surface area contributed by atoms with Crippen molar-refractivity contribution in [3.05, 3.63) is 72.6 Å². The number of nitrogens with zero attached hydrogens (tertiary/aromatic N) is 4. The van der Waals surface area contributed by atoms with Crippen molar-refractivity contribution in [1.29, 1.82) is 0 Å². The number of carbonyl (C=O) groups is 4. The van der Waals surface area contributed by atoms with Gasteiger partial charge in [0, 0.05) is 13.1 Å². The number of unbranched alkanes of at least 4 members (excludes halogenated alkanes) is 2. The number of likely N-dealkylation sites (tertiary alicyclic amines) is 2. The van der Waals surface area contributed by atoms with Crippen molar-refractivity contribution in [3.8, 4) is 33.6 Å². The van der Waals surface area contributed by atoms with E-state index in [0.717, 1.165) is 96.7 Å². The number of alkyl carbamates (subject to hydrolysis) is 2. The number of nitrogens with one attached hydrogen (secondary N) is 4. The number of benzene rings is 2. The molecule has 0 spiro atoms. The van der Waals surface area contributed by atoms with E-state index in [9.17, 15) is 19.2 Å². The van der Waals surface area contributed by atoms with E-state index >= 15 is 0 Å². The maximum absolute atomic E-state index is 13.3. The van der Waals surface area contributed by atoms with Crippen molar-refractivity contribution in [2.24, 2.45) is 0 Å². The van der Waals surface area contributed by atoms with Crippen LogP contribution >= 0.6 is 0 Å². The third kappa shape index (κ3) is 9.58. The number of aromatic nitrogens is 4. The fourth-order valence-corrected chi connectivity index (χ4v) is 7.30. The number of rotatable bonds is 15. The summed E-state index contributed by atoms with van der Waals surface area (Å²) in [7, 11) is 0. The van der Waals surface area contributed by atoms with E-state index in [2.05, 4.69) is 79.1 Å². The minimum atomic E-state index is -0.703. The van der Waals surface area contributed by atoms with E-state index in [4.69, 9.17) is 9.47 Å². The van der Waals surface area contributed by atoms with Gasteiger partial charge in [-0.15, -0.1) is 0 Å². The van der Waals surface area contributed by atoms with Crippen LogP contribution in [0.2, 0.25) is 0 Å². The van der Waals surface area contributed by atoms with Gasteiger partial charge < -0.3 is 39.9 Å². The maximum atomic E-state index is 13.3. The fraction of sp³-hybridized carbons (Fsp3) is 0.476. The van der Waals surface area contributed by atoms with Crippen LogP contribution in [0.25, 0.3) is 33.6 Å². The van der Waals surface area contributed by atoms with Gasteiger partial charge in [0.15, 0.2) is 0 Å². The summed E-state index contributed by atoms with van der Waals surface area (Å²) in [5.41, 5.74) is 5.80. The molecule has 14 heteroatoms. The summed E-state index contributed by atoms with van der Waals surface area (Å²) in [5, 5.41) is 5.33. The van der Waals surface area contributed by atoms with Crippen molar-refractivity contribution in [2.45, 2.75) is 103 Å². The van der Waals surface area contributed by atoms with Crippen molar-refractivity contribution in [3.63, 3.8) is 0 Å². The molecule has 2 aromatic heterocycles. The molecule has 2 aromatic carbocycles. The van der Waals surface area contributed by atoms with Crippen LogP contribution in [-0.2, 0) is 19.1 Å². The van der Waals surface area contributed by atoms with Crippen LogP contribution in [0.4, 0.5) is 9.59 Å². The monoisotopic (exact) mass is 766 g/mol. The lowest BCUT2D eigenvalue weighted by Crippen LogP contribution is -2.47. The number of amides is 4. The van der Waals surface area contributed by atoms with Gasteiger partial charge in [0.1, 0.15) is 23.7 Å². The Morgan fingerprint density at radius 2 is 1.04 bits per heavy atom. The lowest BCUT2D eigenvalue weighted by molar-refractivity contribution is -0.134. The van der Waals surface area contributed by atoms with Crippen LogP contribution in [0.5, 0.6) is 0 Å². The molecule has 0 bridgehead atoms. The molecular weight excluding hydrogens is 713 g/mol. The van der Waals surface area contributed by atoms with Gasteiger partial charge in [0.2, 0.25) is 11.8 Å². The number of aromatic amines is 2. The van der Waals surface area contributed by atoms with E-state index < -0.39 is 24.3 Å². The Balaban J connectivity index is 1.04. The molecule has 4 heterocycles. The van der Waals surface area contributed by atoms with Crippen LogP contribution in [0.1, 0.15) is 103 Å². The zero-order valence-electron chi connectivity index (χ0n) is 32.8. The van der Waals surface area contributed by atoms with Crippen LogP contribution in [0.15, 0.2) is 60.9 Å². The van der Waals surface area contributed by atoms with Crippen LogP contribution in [0, 0.1) is 0 Å². The second-order valence-electron chi connectivity index (χ2n) is 14.6. The maximum Gasteiger partial charge on any atom is 0.407 e. The Labute approximate surface area is 328 Å². The summed E-state index contributed by atoms with van der Waals surface area (Å²) < 4.78 is 10.3. The van der Waals surface area contributed by atoms with E-state index in [0.29, 0.717) is 26.3 Å². The third-order valence-electron chi connectivity index (χ3n) is 10.5. The largest absolute Gasteiger partial charge is 0.450 e. The lowest BCUT2D eigenvalue weighted by atomic mass is 10.0. The standard InChI is InChI=1S/C42H54N8O6/c1-5-7-23-55-41(53)45-27(3)39(51)49-21-9-11-35(49)37-43-25-33(47-37)31-17-13-29(14-18-31)30-15-19-32(20-16-30)34-26-44-38(48-34)36-12-10-22-50(36)40(52)28(4)46-42(54)56-24-8-6-2/h13-20,25-28,35-36H,5-12,21-24H2,1-4H3,(H,43,47)(H,44,48)(H,45,53)(H,46,54)/t27-,28-,35-,36?/m0/s1. The normalized spacial score (nSPS) is 17.7. The molecule has 6 rings (SSSR count). The minimum absolute atomic E-state index is 0.157. The highest BCUT2D eigenvalue weighted by molar-refractivity contribution is 5.86. The topological polar surface area (TPSA) is 175 Å². The van der Waals surface area contributed by atoms with Gasteiger partial charge in [-0.1, -0.05) is 75.2 Å². The van der Waals surface area contributed by atoms with E-state index in [-0.39, 0.29) is 23.9 Å². The predicted octanol–water partition coefficient (Wildman–Crippen LogP) is 7.29. The molecular formula is C42H54N8O6. The molecule has 4 amide bonds. The van der Waals surface area contributed by atoms with Crippen molar-refractivity contribution >= 4 is 24.0 Å². The summed E-state index contributed by atoms with van der Waals surface area (Å²) in [5.74, 6) is 1.14. The second-order valence-corrected chi connectivity index (χ2v) is 14.6. The summed E-state index contributed by atoms with van der Waals surface area (Å²) in [6.07, 6.45) is 9.13. The van der Waals surface area contributed by atoms with Gasteiger partial charge in [-0.25, -0.2) is 19.6 Å². The molecule has 14 nitrogen and oxygen atoms in total. The molecule has 4 aromatic rings. The van der Waals surface area contributed by atoms with E-state index in [1.165, 1.54) is 0 Å². The molecule has 2 aliphatic heterocycles. The Morgan fingerprint density at radius 1 is 0.661 bits per heavy atom. The molecule has 56 heavy (non-hydrogen) atoms. The number of ether oxygens (including phenoxy) is 2. The van der Waals surface area contributed by atoms with Gasteiger partial charge >= 0.3 is 12.2 Å². The van der Waals surface area contributed by atoms with Crippen molar-refractivity contribution in [2.75, 3.05) is 26.3 Å². The molecule has 0 aliphatic carbocycles. The first-order chi connectivity index (χ1) is 27.2. The molecule has 298 valence electrons. The number of hydrogen-bond acceptors (Lipinski definition) is 8. The zero-order valence-corrected chi connectivity index (χ0v) is 32.8. The van der Waals surface area contributed by atoms with Gasteiger partial charge in [0.25, 0.3) is 0 Å². The summed E-state index contributed by atoms with van der Waals surface area (Å²) >= 11 is 0. The Bertz CT molecular complexity index is 1800. The smallest absolute Gasteiger partial charge is 0.407 e. The molecule has 0 saturated carbocycles. The quantitative estimate of drug-likeness (QED) is 0.0913. The first-order valence-corrected chi connectivity index (χ1v) is 19.9. The Hall–Kier alpha value is -5.66. The highest BCUT2D eigenvalue weighted by Gasteiger charge is 2.36. The number of carbonyl (C=O) groups excluding carboxylic acids is 4. The third-order valence-corrected chi connectivity index (χ3v) is 10.5. The lowest BCUT2D eigenvalue weighted by Gasteiger charge is -2.26. The highest BCUT2D eigenvalue weighted by Crippen LogP contribution is 2.34. The minimum Gasteiger partial charge on any atom is -0.450 e. The van der Waals surface area contributed by atoms with E-state index in [1.54, 1.807) is 36.0 Å². The van der Waals surface area contributed by atoms with Gasteiger partial charge in [-0.2, -0.15) is 0 Å². The summed E-state index contributed by atoms with van der Waals surface area (Å²) in [4.78, 5) is 70.6. The molecule has 1 unspecified atom stereocenters. The first kappa shape index (κ1) is 40.0. The van der Waals surface area contributed by atoms with Crippen LogP contribution in [0.3, 0.4) is 0 Å². The number of imidazole rings is 2. The van der Waals surface area contributed by atoms with Gasteiger partial charge in [-0.3, -0.25) is 9.59 Å². The second kappa shape index (κ2) is 18.8. The SMILES string of the molecule is CCCCOC(=O)N[C@@H](C)C(=O)N1CCCC1c1ncc(-c2ccc(-c3ccc(-c4cnc([C@@H]5CCCN5C(=O)[C@H](C)NC(=O)OCCCC)[nH]4)cc3)cc2)[nH]1. The summed E-state index contributed by atoms with van der Waals surface area (Å²) in [6, 6.07) is 14.7. The van der Waals surface area contributed by atoms with Crippen LogP contribution in [-0.4, -0.2) is 92.1 Å². The highest BCUT2D eigenvalue weighted by atomic mass is 16.6. The first-order valence-electron chi connectivity index (χ1n) is 19.9. The molecule has 0 radical (unpaired) electrons.